The number of nitrogens with one attached hydrogen (secondary N) is 1. The molecule has 2 heterocycles. The van der Waals surface area contributed by atoms with Gasteiger partial charge in [-0.3, -0.25) is 0 Å². The molecule has 0 aliphatic carbocycles. The van der Waals surface area contributed by atoms with Gasteiger partial charge in [0.1, 0.15) is 5.15 Å². The lowest BCUT2D eigenvalue weighted by atomic mass is 10.1. The predicted molar refractivity (Wildman–Crippen MR) is 70.7 cm³/mol. The summed E-state index contributed by atoms with van der Waals surface area (Å²) in [6, 6.07) is 0.580. The number of thiazole rings is 1. The highest BCUT2D eigenvalue weighted by molar-refractivity contribution is 7.14. The second kappa shape index (κ2) is 5.84. The summed E-state index contributed by atoms with van der Waals surface area (Å²) in [6.45, 7) is 5.49. The van der Waals surface area contributed by atoms with Gasteiger partial charge in [0, 0.05) is 24.5 Å². The third-order valence-corrected chi connectivity index (χ3v) is 4.09. The molecule has 1 aliphatic rings. The van der Waals surface area contributed by atoms with Crippen LogP contribution in [0.1, 0.15) is 26.2 Å². The van der Waals surface area contributed by atoms with Crippen molar-refractivity contribution in [1.82, 2.24) is 10.3 Å². The monoisotopic (exact) mass is 259 g/mol. The van der Waals surface area contributed by atoms with E-state index in [1.807, 2.05) is 5.38 Å². The van der Waals surface area contributed by atoms with Crippen LogP contribution >= 0.6 is 22.9 Å². The van der Waals surface area contributed by atoms with Crippen LogP contribution in [0.25, 0.3) is 0 Å². The Hall–Kier alpha value is -0.320. The fourth-order valence-electron chi connectivity index (χ4n) is 2.15. The molecular formula is C11H18ClN3S. The van der Waals surface area contributed by atoms with Gasteiger partial charge in [0.05, 0.1) is 0 Å². The van der Waals surface area contributed by atoms with Gasteiger partial charge in [-0.15, -0.1) is 11.3 Å². The first-order valence-corrected chi connectivity index (χ1v) is 7.15. The number of piperidine rings is 1. The molecule has 1 saturated heterocycles. The van der Waals surface area contributed by atoms with Crippen LogP contribution in [-0.2, 0) is 0 Å². The van der Waals surface area contributed by atoms with Gasteiger partial charge in [0.25, 0.3) is 0 Å². The Kier molecular flexibility index (Phi) is 4.44. The SMILES string of the molecule is CCCN(c1nc(Cl)cs1)C1CCCNC1. The Morgan fingerprint density at radius 2 is 2.56 bits per heavy atom. The van der Waals surface area contributed by atoms with Crippen molar-refractivity contribution in [2.75, 3.05) is 24.5 Å². The maximum atomic E-state index is 5.90. The molecule has 90 valence electrons. The number of hydrogen-bond acceptors (Lipinski definition) is 4. The molecule has 0 radical (unpaired) electrons. The van der Waals surface area contributed by atoms with Gasteiger partial charge in [-0.1, -0.05) is 18.5 Å². The Morgan fingerprint density at radius 1 is 1.69 bits per heavy atom. The Balaban J connectivity index is 2.09. The molecule has 0 spiro atoms. The average molecular weight is 260 g/mol. The summed E-state index contributed by atoms with van der Waals surface area (Å²) in [4.78, 5) is 6.79. The second-order valence-corrected chi connectivity index (χ2v) is 5.37. The van der Waals surface area contributed by atoms with Crippen molar-refractivity contribution in [3.05, 3.63) is 10.5 Å². The fraction of sp³-hybridized carbons (Fsp3) is 0.727. The Labute approximate surface area is 106 Å². The third kappa shape index (κ3) is 2.87. The van der Waals surface area contributed by atoms with E-state index in [-0.39, 0.29) is 0 Å². The smallest absolute Gasteiger partial charge is 0.187 e. The summed E-state index contributed by atoms with van der Waals surface area (Å²) >= 11 is 7.55. The van der Waals surface area contributed by atoms with Crippen molar-refractivity contribution in [2.24, 2.45) is 0 Å². The molecular weight excluding hydrogens is 242 g/mol. The van der Waals surface area contributed by atoms with Crippen LogP contribution in [0.4, 0.5) is 5.13 Å². The zero-order valence-corrected chi connectivity index (χ0v) is 11.2. The molecule has 1 aliphatic heterocycles. The summed E-state index contributed by atoms with van der Waals surface area (Å²) < 4.78 is 0. The number of halogens is 1. The van der Waals surface area contributed by atoms with E-state index >= 15 is 0 Å². The minimum atomic E-state index is 0.580. The van der Waals surface area contributed by atoms with Gasteiger partial charge in [-0.2, -0.15) is 0 Å². The summed E-state index contributed by atoms with van der Waals surface area (Å²) in [5.41, 5.74) is 0. The molecule has 5 heteroatoms. The van der Waals surface area contributed by atoms with Crippen molar-refractivity contribution in [2.45, 2.75) is 32.2 Å². The molecule has 1 N–H and O–H groups in total. The molecule has 1 aromatic rings. The van der Waals surface area contributed by atoms with E-state index in [2.05, 4.69) is 22.1 Å². The van der Waals surface area contributed by atoms with E-state index in [1.54, 1.807) is 11.3 Å². The Bertz CT molecular complexity index is 323. The van der Waals surface area contributed by atoms with Crippen molar-refractivity contribution >= 4 is 28.1 Å². The third-order valence-electron chi connectivity index (χ3n) is 2.89. The van der Waals surface area contributed by atoms with E-state index in [9.17, 15) is 0 Å². The number of rotatable bonds is 4. The first kappa shape index (κ1) is 12.1. The standard InChI is InChI=1S/C11H18ClN3S/c1-2-6-15(9-4-3-5-13-7-9)11-14-10(12)8-16-11/h8-9,13H,2-7H2,1H3. The first-order chi connectivity index (χ1) is 7.81. The van der Waals surface area contributed by atoms with Gasteiger partial charge in [-0.05, 0) is 25.8 Å². The van der Waals surface area contributed by atoms with E-state index in [0.29, 0.717) is 11.2 Å². The summed E-state index contributed by atoms with van der Waals surface area (Å²) in [5.74, 6) is 0. The highest BCUT2D eigenvalue weighted by atomic mass is 35.5. The zero-order chi connectivity index (χ0) is 11.4. The quantitative estimate of drug-likeness (QED) is 0.901. The van der Waals surface area contributed by atoms with Crippen LogP contribution in [0.15, 0.2) is 5.38 Å². The maximum Gasteiger partial charge on any atom is 0.187 e. The van der Waals surface area contributed by atoms with Gasteiger partial charge in [0.15, 0.2) is 5.13 Å². The Morgan fingerprint density at radius 3 is 3.12 bits per heavy atom. The highest BCUT2D eigenvalue weighted by Gasteiger charge is 2.22. The summed E-state index contributed by atoms with van der Waals surface area (Å²) in [7, 11) is 0. The van der Waals surface area contributed by atoms with Crippen molar-refractivity contribution in [3.8, 4) is 0 Å². The van der Waals surface area contributed by atoms with Crippen molar-refractivity contribution in [1.29, 1.82) is 0 Å². The second-order valence-electron chi connectivity index (χ2n) is 4.15. The van der Waals surface area contributed by atoms with Gasteiger partial charge in [0.2, 0.25) is 0 Å². The van der Waals surface area contributed by atoms with Crippen LogP contribution in [0, 0.1) is 0 Å². The average Bonchev–Trinajstić information content (AvgIpc) is 2.74. The molecule has 1 unspecified atom stereocenters. The molecule has 1 atom stereocenters. The topological polar surface area (TPSA) is 28.2 Å². The van der Waals surface area contributed by atoms with E-state index < -0.39 is 0 Å². The van der Waals surface area contributed by atoms with Gasteiger partial charge >= 0.3 is 0 Å². The largest absolute Gasteiger partial charge is 0.344 e. The van der Waals surface area contributed by atoms with Crippen LogP contribution in [0.5, 0.6) is 0 Å². The molecule has 3 nitrogen and oxygen atoms in total. The highest BCUT2D eigenvalue weighted by Crippen LogP contribution is 2.26. The number of aromatic nitrogens is 1. The van der Waals surface area contributed by atoms with E-state index in [0.717, 1.165) is 31.2 Å². The minimum Gasteiger partial charge on any atom is -0.344 e. The fourth-order valence-corrected chi connectivity index (χ4v) is 3.20. The van der Waals surface area contributed by atoms with Crippen molar-refractivity contribution < 1.29 is 0 Å². The van der Waals surface area contributed by atoms with E-state index in [1.165, 1.54) is 12.8 Å². The van der Waals surface area contributed by atoms with Crippen molar-refractivity contribution in [3.63, 3.8) is 0 Å². The van der Waals surface area contributed by atoms with Crippen LogP contribution < -0.4 is 10.2 Å². The minimum absolute atomic E-state index is 0.580. The number of anilines is 1. The van der Waals surface area contributed by atoms with Crippen LogP contribution in [0.3, 0.4) is 0 Å². The van der Waals surface area contributed by atoms with Gasteiger partial charge in [-0.25, -0.2) is 4.98 Å². The maximum absolute atomic E-state index is 5.90. The number of nitrogens with zero attached hydrogens (tertiary/aromatic N) is 2. The lowest BCUT2D eigenvalue weighted by molar-refractivity contribution is 0.430. The molecule has 0 amide bonds. The van der Waals surface area contributed by atoms with E-state index in [4.69, 9.17) is 11.6 Å². The number of hydrogen-bond donors (Lipinski definition) is 1. The molecule has 16 heavy (non-hydrogen) atoms. The molecule has 0 saturated carbocycles. The lowest BCUT2D eigenvalue weighted by Gasteiger charge is -2.34. The first-order valence-electron chi connectivity index (χ1n) is 5.89. The van der Waals surface area contributed by atoms with Crippen LogP contribution in [0.2, 0.25) is 5.15 Å². The summed E-state index contributed by atoms with van der Waals surface area (Å²) in [5, 5.41) is 7.05. The zero-order valence-electron chi connectivity index (χ0n) is 9.58. The summed E-state index contributed by atoms with van der Waals surface area (Å²) in [6.07, 6.45) is 3.65. The molecule has 2 rings (SSSR count). The molecule has 0 aromatic carbocycles. The normalized spacial score (nSPS) is 21.0. The molecule has 0 bridgehead atoms. The molecule has 1 aromatic heterocycles. The lowest BCUT2D eigenvalue weighted by Crippen LogP contribution is -2.46. The molecule has 1 fully saturated rings. The van der Waals surface area contributed by atoms with Crippen LogP contribution in [-0.4, -0.2) is 30.7 Å². The predicted octanol–water partition coefficient (Wildman–Crippen LogP) is 2.76. The van der Waals surface area contributed by atoms with Gasteiger partial charge < -0.3 is 10.2 Å².